The number of aryl methyl sites for hydroxylation is 1. The molecule has 0 atom stereocenters. The zero-order valence-corrected chi connectivity index (χ0v) is 14.5. The molecule has 0 aliphatic rings. The summed E-state index contributed by atoms with van der Waals surface area (Å²) < 4.78 is 39.9. The van der Waals surface area contributed by atoms with Gasteiger partial charge in [-0.1, -0.05) is 24.6 Å². The number of carbonyl (C=O) groups is 2. The van der Waals surface area contributed by atoms with E-state index in [0.717, 1.165) is 17.7 Å². The lowest BCUT2D eigenvalue weighted by molar-refractivity contribution is -0.116. The maximum absolute atomic E-state index is 13.7. The molecule has 0 aromatic heterocycles. The molecule has 0 bridgehead atoms. The van der Waals surface area contributed by atoms with E-state index in [1.807, 2.05) is 19.9 Å². The monoisotopic (exact) mass is 364 g/mol. The maximum Gasteiger partial charge on any atom is 0.254 e. The Morgan fingerprint density at radius 1 is 1.08 bits per heavy atom. The summed E-state index contributed by atoms with van der Waals surface area (Å²) in [5.74, 6) is -5.53. The van der Waals surface area contributed by atoms with E-state index in [-0.39, 0.29) is 12.5 Å². The van der Waals surface area contributed by atoms with Crippen molar-refractivity contribution in [2.45, 2.75) is 20.3 Å². The normalized spacial score (nSPS) is 10.5. The molecule has 2 rings (SSSR count). The second-order valence-electron chi connectivity index (χ2n) is 5.87. The van der Waals surface area contributed by atoms with Crippen LogP contribution in [0.3, 0.4) is 0 Å². The predicted molar refractivity (Wildman–Crippen MR) is 92.3 cm³/mol. The predicted octanol–water partition coefficient (Wildman–Crippen LogP) is 3.90. The van der Waals surface area contributed by atoms with E-state index < -0.39 is 29.0 Å². The van der Waals surface area contributed by atoms with Gasteiger partial charge in [-0.05, 0) is 37.6 Å². The molecular weight excluding hydrogens is 345 g/mol. The van der Waals surface area contributed by atoms with Crippen LogP contribution in [-0.2, 0) is 4.79 Å². The Kier molecular flexibility index (Phi) is 6.38. The van der Waals surface area contributed by atoms with Gasteiger partial charge in [-0.15, -0.1) is 0 Å². The van der Waals surface area contributed by atoms with Crippen LogP contribution in [0.25, 0.3) is 0 Å². The highest BCUT2D eigenvalue weighted by molar-refractivity contribution is 5.99. The zero-order valence-electron chi connectivity index (χ0n) is 14.5. The van der Waals surface area contributed by atoms with E-state index >= 15 is 0 Å². The topological polar surface area (TPSA) is 49.4 Å². The number of amides is 2. The fraction of sp³-hybridized carbons (Fsp3) is 0.263. The van der Waals surface area contributed by atoms with Crippen molar-refractivity contribution in [1.29, 1.82) is 0 Å². The van der Waals surface area contributed by atoms with Crippen LogP contribution in [0.2, 0.25) is 0 Å². The van der Waals surface area contributed by atoms with Gasteiger partial charge in [-0.25, -0.2) is 13.2 Å². The summed E-state index contributed by atoms with van der Waals surface area (Å²) in [6.45, 7) is 3.68. The van der Waals surface area contributed by atoms with Gasteiger partial charge in [0.15, 0.2) is 17.5 Å². The second-order valence-corrected chi connectivity index (χ2v) is 5.87. The van der Waals surface area contributed by atoms with Crippen LogP contribution in [0, 0.1) is 24.4 Å². The van der Waals surface area contributed by atoms with Crippen molar-refractivity contribution in [2.75, 3.05) is 18.4 Å². The van der Waals surface area contributed by atoms with Gasteiger partial charge in [-0.3, -0.25) is 9.59 Å². The molecule has 7 heteroatoms. The van der Waals surface area contributed by atoms with Crippen molar-refractivity contribution < 1.29 is 22.8 Å². The van der Waals surface area contributed by atoms with Crippen molar-refractivity contribution in [1.82, 2.24) is 4.90 Å². The molecule has 4 nitrogen and oxygen atoms in total. The lowest BCUT2D eigenvalue weighted by Crippen LogP contribution is -2.38. The molecule has 0 saturated heterocycles. The summed E-state index contributed by atoms with van der Waals surface area (Å²) in [6.07, 6.45) is 0.615. The number of rotatable bonds is 6. The molecule has 2 amide bonds. The number of nitrogens with zero attached hydrogens (tertiary/aromatic N) is 1. The molecule has 138 valence electrons. The molecule has 0 heterocycles. The number of anilines is 1. The van der Waals surface area contributed by atoms with Crippen molar-refractivity contribution in [3.05, 3.63) is 65.0 Å². The maximum atomic E-state index is 13.7. The number of benzene rings is 2. The quantitative estimate of drug-likeness (QED) is 0.791. The first-order valence-corrected chi connectivity index (χ1v) is 8.12. The minimum atomic E-state index is -1.66. The first kappa shape index (κ1) is 19.5. The van der Waals surface area contributed by atoms with Crippen LogP contribution in [-0.4, -0.2) is 29.8 Å². The number of halogens is 3. The highest BCUT2D eigenvalue weighted by Crippen LogP contribution is 2.19. The third kappa shape index (κ3) is 4.62. The number of hydrogen-bond acceptors (Lipinski definition) is 2. The third-order valence-electron chi connectivity index (χ3n) is 3.69. The van der Waals surface area contributed by atoms with Crippen molar-refractivity contribution in [3.63, 3.8) is 0 Å². The third-order valence-corrected chi connectivity index (χ3v) is 3.69. The van der Waals surface area contributed by atoms with Crippen molar-refractivity contribution in [3.8, 4) is 0 Å². The summed E-state index contributed by atoms with van der Waals surface area (Å²) in [5, 5.41) is 2.17. The number of carbonyl (C=O) groups excluding carboxylic acids is 2. The van der Waals surface area contributed by atoms with Gasteiger partial charge >= 0.3 is 0 Å². The highest BCUT2D eigenvalue weighted by Gasteiger charge is 2.20. The van der Waals surface area contributed by atoms with E-state index in [4.69, 9.17) is 0 Å². The molecule has 1 N–H and O–H groups in total. The molecule has 2 aromatic carbocycles. The number of nitrogens with one attached hydrogen (secondary N) is 1. The molecular formula is C19H19F3N2O2. The molecule has 0 aliphatic heterocycles. The molecule has 0 aliphatic carbocycles. The Balaban J connectivity index is 2.13. The first-order chi connectivity index (χ1) is 12.3. The average Bonchev–Trinajstić information content (AvgIpc) is 2.61. The Morgan fingerprint density at radius 3 is 2.46 bits per heavy atom. The van der Waals surface area contributed by atoms with Gasteiger partial charge in [-0.2, -0.15) is 0 Å². The van der Waals surface area contributed by atoms with Crippen molar-refractivity contribution in [2.24, 2.45) is 0 Å². The molecule has 0 spiro atoms. The van der Waals surface area contributed by atoms with Gasteiger partial charge in [0.1, 0.15) is 6.54 Å². The lowest BCUT2D eigenvalue weighted by atomic mass is 10.1. The van der Waals surface area contributed by atoms with Crippen LogP contribution in [0.1, 0.15) is 29.3 Å². The molecule has 26 heavy (non-hydrogen) atoms. The Labute approximate surface area is 149 Å². The molecule has 0 unspecified atom stereocenters. The standard InChI is InChI=1S/C19H19F3N2O2/c1-3-9-24(19(26)13-6-4-5-12(2)10-13)11-16(25)23-15-8-7-14(20)17(21)18(15)22/h4-8,10H,3,9,11H2,1-2H3,(H,23,25). The fourth-order valence-electron chi connectivity index (χ4n) is 2.47. The highest BCUT2D eigenvalue weighted by atomic mass is 19.2. The zero-order chi connectivity index (χ0) is 19.3. The van der Waals surface area contributed by atoms with E-state index in [0.29, 0.717) is 18.5 Å². The smallest absolute Gasteiger partial charge is 0.254 e. The average molecular weight is 364 g/mol. The summed E-state index contributed by atoms with van der Waals surface area (Å²) in [5.41, 5.74) is 0.860. The molecule has 0 saturated carbocycles. The van der Waals surface area contributed by atoms with E-state index in [2.05, 4.69) is 5.32 Å². The summed E-state index contributed by atoms with van der Waals surface area (Å²) in [4.78, 5) is 26.1. The lowest BCUT2D eigenvalue weighted by Gasteiger charge is -2.22. The van der Waals surface area contributed by atoms with Crippen molar-refractivity contribution >= 4 is 17.5 Å². The van der Waals surface area contributed by atoms with Crippen LogP contribution in [0.4, 0.5) is 18.9 Å². The van der Waals surface area contributed by atoms with E-state index in [1.54, 1.807) is 18.2 Å². The largest absolute Gasteiger partial charge is 0.329 e. The summed E-state index contributed by atoms with van der Waals surface area (Å²) in [6, 6.07) is 8.58. The van der Waals surface area contributed by atoms with Gasteiger partial charge in [0.2, 0.25) is 5.91 Å². The molecule has 0 fully saturated rings. The SMILES string of the molecule is CCCN(CC(=O)Nc1ccc(F)c(F)c1F)C(=O)c1cccc(C)c1. The number of hydrogen-bond donors (Lipinski definition) is 1. The van der Waals surface area contributed by atoms with Gasteiger partial charge in [0.25, 0.3) is 5.91 Å². The Hall–Kier alpha value is -2.83. The Bertz CT molecular complexity index is 824. The molecule has 0 radical (unpaired) electrons. The van der Waals surface area contributed by atoms with Gasteiger partial charge in [0.05, 0.1) is 5.69 Å². The first-order valence-electron chi connectivity index (χ1n) is 8.12. The van der Waals surface area contributed by atoms with Crippen LogP contribution in [0.15, 0.2) is 36.4 Å². The summed E-state index contributed by atoms with van der Waals surface area (Å²) >= 11 is 0. The minimum Gasteiger partial charge on any atom is -0.329 e. The minimum absolute atomic E-state index is 0.320. The second kappa shape index (κ2) is 8.51. The Morgan fingerprint density at radius 2 is 1.81 bits per heavy atom. The van der Waals surface area contributed by atoms with Crippen LogP contribution in [0.5, 0.6) is 0 Å². The summed E-state index contributed by atoms with van der Waals surface area (Å²) in [7, 11) is 0. The van der Waals surface area contributed by atoms with E-state index in [9.17, 15) is 22.8 Å². The van der Waals surface area contributed by atoms with Crippen LogP contribution >= 0.6 is 0 Å². The van der Waals surface area contributed by atoms with E-state index in [1.165, 1.54) is 4.90 Å². The molecule has 2 aromatic rings. The van der Waals surface area contributed by atoms with Gasteiger partial charge < -0.3 is 10.2 Å². The van der Waals surface area contributed by atoms with Gasteiger partial charge in [0, 0.05) is 12.1 Å². The fourth-order valence-corrected chi connectivity index (χ4v) is 2.47. The van der Waals surface area contributed by atoms with Crippen LogP contribution < -0.4 is 5.32 Å².